The Kier molecular flexibility index (Phi) is 6.17. The second-order valence-electron chi connectivity index (χ2n) is 6.87. The molecule has 3 heterocycles. The number of amides is 1. The van der Waals surface area contributed by atoms with Gasteiger partial charge in [-0.2, -0.15) is 0 Å². The molecule has 0 radical (unpaired) electrons. The van der Waals surface area contributed by atoms with Crippen molar-refractivity contribution in [1.82, 2.24) is 14.8 Å². The van der Waals surface area contributed by atoms with Crippen molar-refractivity contribution in [1.29, 1.82) is 0 Å². The summed E-state index contributed by atoms with van der Waals surface area (Å²) >= 11 is 3.05. The molecule has 5 nitrogen and oxygen atoms in total. The Bertz CT molecular complexity index is 897. The molecule has 3 aromatic rings. The van der Waals surface area contributed by atoms with E-state index >= 15 is 0 Å². The number of thiophene rings is 1. The molecule has 0 spiro atoms. The Morgan fingerprint density at radius 1 is 1.11 bits per heavy atom. The summed E-state index contributed by atoms with van der Waals surface area (Å²) in [6.07, 6.45) is 1.65. The van der Waals surface area contributed by atoms with Crippen molar-refractivity contribution < 1.29 is 4.79 Å². The third-order valence-electron chi connectivity index (χ3n) is 4.99. The molecule has 1 amide bonds. The molecule has 0 bridgehead atoms. The van der Waals surface area contributed by atoms with Crippen LogP contribution in [0.4, 0.5) is 5.69 Å². The van der Waals surface area contributed by atoms with Gasteiger partial charge in [-0.05, 0) is 35.7 Å². The number of nitrogens with zero attached hydrogens (tertiary/aromatic N) is 3. The lowest BCUT2D eigenvalue weighted by atomic mass is 10.1. The zero-order valence-electron chi connectivity index (χ0n) is 15.9. The zero-order valence-corrected chi connectivity index (χ0v) is 17.6. The Labute approximate surface area is 173 Å². The van der Waals surface area contributed by atoms with Gasteiger partial charge < -0.3 is 10.2 Å². The van der Waals surface area contributed by atoms with Crippen LogP contribution in [0.2, 0.25) is 0 Å². The van der Waals surface area contributed by atoms with E-state index in [1.54, 1.807) is 17.5 Å². The Morgan fingerprint density at radius 2 is 1.86 bits per heavy atom. The predicted octanol–water partition coefficient (Wildman–Crippen LogP) is 4.26. The lowest BCUT2D eigenvalue weighted by Gasteiger charge is -2.34. The van der Waals surface area contributed by atoms with Crippen molar-refractivity contribution in [3.05, 3.63) is 58.4 Å². The van der Waals surface area contributed by atoms with Crippen LogP contribution in [0.25, 0.3) is 9.88 Å². The van der Waals surface area contributed by atoms with E-state index in [2.05, 4.69) is 39.2 Å². The van der Waals surface area contributed by atoms with Gasteiger partial charge in [0.25, 0.3) is 5.91 Å². The van der Waals surface area contributed by atoms with Gasteiger partial charge in [0, 0.05) is 38.4 Å². The van der Waals surface area contributed by atoms with Crippen LogP contribution in [0.15, 0.2) is 48.0 Å². The highest BCUT2D eigenvalue weighted by atomic mass is 32.1. The summed E-state index contributed by atoms with van der Waals surface area (Å²) < 4.78 is 0. The molecule has 0 atom stereocenters. The highest BCUT2D eigenvalue weighted by Gasteiger charge is 2.16. The van der Waals surface area contributed by atoms with Crippen LogP contribution in [0.3, 0.4) is 0 Å². The Balaban J connectivity index is 1.32. The first-order valence-electron chi connectivity index (χ1n) is 9.56. The van der Waals surface area contributed by atoms with Crippen LogP contribution >= 0.6 is 22.7 Å². The van der Waals surface area contributed by atoms with E-state index in [0.717, 1.165) is 54.8 Å². The smallest absolute Gasteiger partial charge is 0.267 e. The third-order valence-corrected chi connectivity index (χ3v) is 7.03. The maximum atomic E-state index is 12.5. The molecule has 1 aliphatic rings. The average molecular weight is 413 g/mol. The number of hydrogen-bond acceptors (Lipinski definition) is 6. The number of rotatable bonds is 6. The Hall–Kier alpha value is -2.06. The van der Waals surface area contributed by atoms with Crippen LogP contribution in [0.5, 0.6) is 0 Å². The van der Waals surface area contributed by atoms with Crippen LogP contribution in [-0.2, 0) is 6.54 Å². The largest absolute Gasteiger partial charge is 0.321 e. The van der Waals surface area contributed by atoms with E-state index < -0.39 is 0 Å². The fourth-order valence-electron chi connectivity index (χ4n) is 3.30. The molecule has 1 N–H and O–H groups in total. The first-order chi connectivity index (χ1) is 13.7. The van der Waals surface area contributed by atoms with Gasteiger partial charge in [0.1, 0.15) is 9.88 Å². The van der Waals surface area contributed by atoms with Crippen LogP contribution < -0.4 is 5.32 Å². The number of carbonyl (C=O) groups excluding carboxylic acids is 1. The molecule has 0 saturated carbocycles. The predicted molar refractivity (Wildman–Crippen MR) is 117 cm³/mol. The summed E-state index contributed by atoms with van der Waals surface area (Å²) in [5.74, 6) is -0.108. The number of likely N-dealkylation sites (N-methyl/N-ethyl adjacent to an activating group) is 1. The molecule has 0 unspecified atom stereocenters. The van der Waals surface area contributed by atoms with Crippen molar-refractivity contribution in [2.45, 2.75) is 13.5 Å². The van der Waals surface area contributed by atoms with Gasteiger partial charge in [0.05, 0.1) is 11.1 Å². The highest BCUT2D eigenvalue weighted by molar-refractivity contribution is 7.22. The van der Waals surface area contributed by atoms with Crippen molar-refractivity contribution >= 4 is 34.3 Å². The monoisotopic (exact) mass is 412 g/mol. The number of piperazine rings is 1. The van der Waals surface area contributed by atoms with E-state index in [0.29, 0.717) is 4.88 Å². The Morgan fingerprint density at radius 3 is 2.54 bits per heavy atom. The standard InChI is InChI=1S/C21H24N4OS2/c1-2-24-9-11-25(12-10-24)15-16-5-7-17(8-6-16)23-20(26)19-14-22-21(28-19)18-4-3-13-27-18/h3-8,13-14H,2,9-12,15H2,1H3,(H,23,26). The van der Waals surface area contributed by atoms with Gasteiger partial charge in [-0.15, -0.1) is 22.7 Å². The second-order valence-corrected chi connectivity index (χ2v) is 8.85. The SMILES string of the molecule is CCN1CCN(Cc2ccc(NC(=O)c3cnc(-c4cccs4)s3)cc2)CC1. The quantitative estimate of drug-likeness (QED) is 0.657. The van der Waals surface area contributed by atoms with Crippen LogP contribution in [0.1, 0.15) is 22.2 Å². The lowest BCUT2D eigenvalue weighted by Crippen LogP contribution is -2.45. The number of thiazole rings is 1. The molecule has 28 heavy (non-hydrogen) atoms. The van der Waals surface area contributed by atoms with Crippen LogP contribution in [0, 0.1) is 0 Å². The maximum absolute atomic E-state index is 12.5. The normalized spacial score (nSPS) is 15.6. The molecule has 1 aromatic carbocycles. The molecular formula is C21H24N4OS2. The van der Waals surface area contributed by atoms with Crippen molar-refractivity contribution in [3.8, 4) is 9.88 Å². The summed E-state index contributed by atoms with van der Waals surface area (Å²) in [6, 6.07) is 12.2. The van der Waals surface area contributed by atoms with Gasteiger partial charge in [-0.25, -0.2) is 4.98 Å². The van der Waals surface area contributed by atoms with Gasteiger partial charge in [-0.1, -0.05) is 25.1 Å². The molecule has 2 aromatic heterocycles. The summed E-state index contributed by atoms with van der Waals surface area (Å²) in [6.45, 7) is 8.84. The van der Waals surface area contributed by atoms with Gasteiger partial charge in [0.15, 0.2) is 0 Å². The maximum Gasteiger partial charge on any atom is 0.267 e. The number of benzene rings is 1. The summed E-state index contributed by atoms with van der Waals surface area (Å²) in [7, 11) is 0. The fraction of sp³-hybridized carbons (Fsp3) is 0.333. The van der Waals surface area contributed by atoms with E-state index in [9.17, 15) is 4.79 Å². The molecule has 4 rings (SSSR count). The van der Waals surface area contributed by atoms with Crippen molar-refractivity contribution in [3.63, 3.8) is 0 Å². The zero-order chi connectivity index (χ0) is 19.3. The van der Waals surface area contributed by atoms with Crippen molar-refractivity contribution in [2.75, 3.05) is 38.0 Å². The molecule has 146 valence electrons. The first-order valence-corrected chi connectivity index (χ1v) is 11.3. The minimum Gasteiger partial charge on any atom is -0.321 e. The van der Waals surface area contributed by atoms with E-state index in [1.165, 1.54) is 16.9 Å². The van der Waals surface area contributed by atoms with E-state index in [-0.39, 0.29) is 5.91 Å². The summed E-state index contributed by atoms with van der Waals surface area (Å²) in [5, 5.41) is 5.88. The molecular weight excluding hydrogens is 388 g/mol. The lowest BCUT2D eigenvalue weighted by molar-refractivity contribution is 0.103. The van der Waals surface area contributed by atoms with Gasteiger partial charge in [0.2, 0.25) is 0 Å². The number of nitrogens with one attached hydrogen (secondary N) is 1. The van der Waals surface area contributed by atoms with Crippen LogP contribution in [-0.4, -0.2) is 53.4 Å². The fourth-order valence-corrected chi connectivity index (χ4v) is 4.92. The molecule has 7 heteroatoms. The average Bonchev–Trinajstić information content (AvgIpc) is 3.42. The number of carbonyl (C=O) groups is 1. The number of anilines is 1. The molecule has 0 aliphatic carbocycles. The minimum absolute atomic E-state index is 0.108. The van der Waals surface area contributed by atoms with E-state index in [4.69, 9.17) is 0 Å². The topological polar surface area (TPSA) is 48.5 Å². The molecule has 1 saturated heterocycles. The molecule has 1 aliphatic heterocycles. The van der Waals surface area contributed by atoms with Gasteiger partial charge in [-0.3, -0.25) is 9.69 Å². The number of aromatic nitrogens is 1. The summed E-state index contributed by atoms with van der Waals surface area (Å²) in [5.41, 5.74) is 2.09. The summed E-state index contributed by atoms with van der Waals surface area (Å²) in [4.78, 5) is 23.6. The minimum atomic E-state index is -0.108. The van der Waals surface area contributed by atoms with Crippen molar-refractivity contribution in [2.24, 2.45) is 0 Å². The first kappa shape index (κ1) is 19.3. The third kappa shape index (κ3) is 4.67. The highest BCUT2D eigenvalue weighted by Crippen LogP contribution is 2.29. The molecule has 1 fully saturated rings. The number of hydrogen-bond donors (Lipinski definition) is 1. The second kappa shape index (κ2) is 8.96. The van der Waals surface area contributed by atoms with E-state index in [1.807, 2.05) is 29.6 Å². The van der Waals surface area contributed by atoms with Gasteiger partial charge >= 0.3 is 0 Å².